The molecule has 7 nitrogen and oxygen atoms in total. The second-order valence-corrected chi connectivity index (χ2v) is 9.27. The normalized spacial score (nSPS) is 22.9. The highest BCUT2D eigenvalue weighted by Crippen LogP contribution is 2.60. The van der Waals surface area contributed by atoms with Gasteiger partial charge in [-0.25, -0.2) is 0 Å². The second kappa shape index (κ2) is 7.32. The molecule has 0 saturated carbocycles. The van der Waals surface area contributed by atoms with Crippen molar-refractivity contribution in [2.24, 2.45) is 10.8 Å². The lowest BCUT2D eigenvalue weighted by atomic mass is 9.66. The molecule has 0 aliphatic carbocycles. The smallest absolute Gasteiger partial charge is 0.269 e. The van der Waals surface area contributed by atoms with Crippen LogP contribution >= 0.6 is 0 Å². The number of ketones is 1. The summed E-state index contributed by atoms with van der Waals surface area (Å²) < 4.78 is 0. The highest BCUT2D eigenvalue weighted by Gasteiger charge is 2.64. The van der Waals surface area contributed by atoms with Crippen molar-refractivity contribution in [2.45, 2.75) is 38.8 Å². The Morgan fingerprint density at radius 3 is 2.28 bits per heavy atom. The predicted octanol–water partition coefficient (Wildman–Crippen LogP) is 4.74. The molecule has 0 N–H and O–H groups in total. The van der Waals surface area contributed by atoms with Crippen molar-refractivity contribution >= 4 is 17.5 Å². The third-order valence-electron chi connectivity index (χ3n) is 6.41. The van der Waals surface area contributed by atoms with Gasteiger partial charge in [0.15, 0.2) is 11.2 Å². The van der Waals surface area contributed by atoms with Crippen LogP contribution in [0.4, 0.5) is 5.69 Å². The van der Waals surface area contributed by atoms with Gasteiger partial charge in [0.05, 0.1) is 29.1 Å². The summed E-state index contributed by atoms with van der Waals surface area (Å²) in [5, 5.41) is 32.0. The number of nitro groups is 1. The Labute approximate surface area is 186 Å². The Kier molecular flexibility index (Phi) is 4.86. The zero-order valence-electron chi connectivity index (χ0n) is 18.0. The van der Waals surface area contributed by atoms with Gasteiger partial charge in [-0.1, -0.05) is 57.2 Å². The molecule has 32 heavy (non-hydrogen) atoms. The van der Waals surface area contributed by atoms with E-state index in [1.54, 1.807) is 18.3 Å². The van der Waals surface area contributed by atoms with Crippen LogP contribution in [0.2, 0.25) is 0 Å². The maximum Gasteiger partial charge on any atom is 0.269 e. The van der Waals surface area contributed by atoms with Gasteiger partial charge >= 0.3 is 0 Å². The van der Waals surface area contributed by atoms with Gasteiger partial charge in [0, 0.05) is 29.7 Å². The summed E-state index contributed by atoms with van der Waals surface area (Å²) in [6, 6.07) is 16.5. The summed E-state index contributed by atoms with van der Waals surface area (Å²) in [7, 11) is 0. The van der Waals surface area contributed by atoms with E-state index in [1.165, 1.54) is 12.1 Å². The molecule has 0 aromatic heterocycles. The molecule has 1 fully saturated rings. The maximum absolute atomic E-state index is 13.7. The van der Waals surface area contributed by atoms with E-state index in [9.17, 15) is 25.4 Å². The quantitative estimate of drug-likeness (QED) is 0.518. The van der Waals surface area contributed by atoms with Crippen LogP contribution in [0.5, 0.6) is 0 Å². The molecule has 0 unspecified atom stereocenters. The summed E-state index contributed by atoms with van der Waals surface area (Å²) in [6.07, 6.45) is 3.70. The number of rotatable bonds is 3. The van der Waals surface area contributed by atoms with E-state index in [1.807, 2.05) is 56.0 Å². The standard InChI is InChI=1S/C25H22N4O3/c1-24(2,3)23(30)21-20(17-8-10-18(11-9-17)29(31)32)25(14-26,15-27)22-19-7-5-4-6-16(19)12-13-28(21)22/h4-13,20-22H,1-3H3/t20-,21+,22-/m1/s1. The molecule has 0 bridgehead atoms. The summed E-state index contributed by atoms with van der Waals surface area (Å²) in [4.78, 5) is 26.2. The lowest BCUT2D eigenvalue weighted by molar-refractivity contribution is -0.384. The van der Waals surface area contributed by atoms with E-state index in [0.29, 0.717) is 5.56 Å². The topological polar surface area (TPSA) is 111 Å². The Bertz CT molecular complexity index is 1200. The second-order valence-electron chi connectivity index (χ2n) is 9.27. The molecular weight excluding hydrogens is 404 g/mol. The first kappa shape index (κ1) is 21.3. The number of hydrogen-bond donors (Lipinski definition) is 0. The lowest BCUT2D eigenvalue weighted by Crippen LogP contribution is -2.43. The van der Waals surface area contributed by atoms with E-state index < -0.39 is 33.8 Å². The molecule has 2 aromatic rings. The zero-order chi connectivity index (χ0) is 23.3. The number of nitriles is 2. The Morgan fingerprint density at radius 1 is 1.09 bits per heavy atom. The lowest BCUT2D eigenvalue weighted by Gasteiger charge is -2.36. The highest BCUT2D eigenvalue weighted by atomic mass is 16.6. The fourth-order valence-corrected chi connectivity index (χ4v) is 4.92. The molecule has 0 amide bonds. The van der Waals surface area contributed by atoms with E-state index >= 15 is 0 Å². The van der Waals surface area contributed by atoms with E-state index in [-0.39, 0.29) is 11.5 Å². The van der Waals surface area contributed by atoms with Gasteiger partial charge in [-0.15, -0.1) is 0 Å². The first-order valence-electron chi connectivity index (χ1n) is 10.3. The van der Waals surface area contributed by atoms with Crippen molar-refractivity contribution in [3.05, 3.63) is 81.5 Å². The average Bonchev–Trinajstić information content (AvgIpc) is 3.08. The molecular formula is C25H22N4O3. The Balaban J connectivity index is 1.99. The van der Waals surface area contributed by atoms with Crippen molar-refractivity contribution in [1.29, 1.82) is 10.5 Å². The Morgan fingerprint density at radius 2 is 1.72 bits per heavy atom. The molecule has 0 spiro atoms. The van der Waals surface area contributed by atoms with Crippen LogP contribution in [0.15, 0.2) is 54.7 Å². The van der Waals surface area contributed by atoms with Gasteiger partial charge in [-0.2, -0.15) is 10.5 Å². The van der Waals surface area contributed by atoms with Crippen LogP contribution in [-0.2, 0) is 4.79 Å². The van der Waals surface area contributed by atoms with Crippen LogP contribution < -0.4 is 0 Å². The zero-order valence-corrected chi connectivity index (χ0v) is 18.0. The van der Waals surface area contributed by atoms with Crippen molar-refractivity contribution in [1.82, 2.24) is 4.90 Å². The van der Waals surface area contributed by atoms with E-state index in [0.717, 1.165) is 11.1 Å². The number of Topliss-reactive ketones (excluding diaryl/α,β-unsaturated/α-hetero) is 1. The molecule has 1 saturated heterocycles. The fraction of sp³-hybridized carbons (Fsp3) is 0.320. The third-order valence-corrected chi connectivity index (χ3v) is 6.41. The van der Waals surface area contributed by atoms with Gasteiger partial charge in [0.1, 0.15) is 0 Å². The van der Waals surface area contributed by atoms with Crippen molar-refractivity contribution in [3.8, 4) is 12.1 Å². The summed E-state index contributed by atoms with van der Waals surface area (Å²) in [5.74, 6) is -0.881. The maximum atomic E-state index is 13.7. The summed E-state index contributed by atoms with van der Waals surface area (Å²) in [5.41, 5.74) is -0.110. The molecule has 2 aliphatic heterocycles. The van der Waals surface area contributed by atoms with Crippen LogP contribution in [0.3, 0.4) is 0 Å². The molecule has 4 rings (SSSR count). The van der Waals surface area contributed by atoms with Gasteiger partial charge in [0.2, 0.25) is 0 Å². The number of non-ortho nitro benzene ring substituents is 1. The predicted molar refractivity (Wildman–Crippen MR) is 118 cm³/mol. The van der Waals surface area contributed by atoms with Crippen LogP contribution in [0, 0.1) is 43.6 Å². The average molecular weight is 426 g/mol. The number of benzene rings is 2. The van der Waals surface area contributed by atoms with Crippen molar-refractivity contribution in [2.75, 3.05) is 0 Å². The number of nitrogens with zero attached hydrogens (tertiary/aromatic N) is 4. The number of carbonyl (C=O) groups is 1. The van der Waals surface area contributed by atoms with Gasteiger partial charge in [-0.3, -0.25) is 14.9 Å². The molecule has 2 heterocycles. The van der Waals surface area contributed by atoms with Crippen LogP contribution in [0.25, 0.3) is 6.08 Å². The minimum Gasteiger partial charge on any atom is -0.357 e. The van der Waals surface area contributed by atoms with Gasteiger partial charge in [-0.05, 0) is 22.8 Å². The largest absolute Gasteiger partial charge is 0.357 e. The molecule has 2 aliphatic rings. The Hall–Kier alpha value is -3.97. The number of nitro benzene ring substituents is 1. The first-order valence-corrected chi connectivity index (χ1v) is 10.3. The minimum absolute atomic E-state index is 0.0899. The molecule has 0 radical (unpaired) electrons. The monoisotopic (exact) mass is 426 g/mol. The van der Waals surface area contributed by atoms with Gasteiger partial charge < -0.3 is 4.90 Å². The summed E-state index contributed by atoms with van der Waals surface area (Å²) in [6.45, 7) is 5.45. The molecule has 2 aromatic carbocycles. The first-order chi connectivity index (χ1) is 15.2. The summed E-state index contributed by atoms with van der Waals surface area (Å²) >= 11 is 0. The molecule has 3 atom stereocenters. The number of carbonyl (C=O) groups excluding carboxylic acids is 1. The minimum atomic E-state index is -1.57. The highest BCUT2D eigenvalue weighted by molar-refractivity contribution is 5.91. The van der Waals surface area contributed by atoms with Crippen molar-refractivity contribution in [3.63, 3.8) is 0 Å². The number of fused-ring (bicyclic) bond motifs is 3. The van der Waals surface area contributed by atoms with Crippen LogP contribution in [-0.4, -0.2) is 21.6 Å². The fourth-order valence-electron chi connectivity index (χ4n) is 4.92. The van der Waals surface area contributed by atoms with E-state index in [2.05, 4.69) is 12.1 Å². The third kappa shape index (κ3) is 2.98. The van der Waals surface area contributed by atoms with Gasteiger partial charge in [0.25, 0.3) is 5.69 Å². The number of hydrogen-bond acceptors (Lipinski definition) is 6. The molecule has 7 heteroatoms. The van der Waals surface area contributed by atoms with Crippen molar-refractivity contribution < 1.29 is 9.72 Å². The molecule has 160 valence electrons. The van der Waals surface area contributed by atoms with Crippen LogP contribution in [0.1, 0.15) is 49.4 Å². The SMILES string of the molecule is CC(C)(C)C(=O)[C@@H]1[C@@H](c2ccc([N+](=O)[O-])cc2)C(C#N)(C#N)[C@H]2c3ccccc3C=CN12. The van der Waals surface area contributed by atoms with E-state index in [4.69, 9.17) is 0 Å².